The summed E-state index contributed by atoms with van der Waals surface area (Å²) in [4.78, 5) is 0. The molecule has 1 aromatic carbocycles. The molecule has 1 rings (SSSR count). The van der Waals surface area contributed by atoms with Crippen molar-refractivity contribution >= 4 is 0 Å². The van der Waals surface area contributed by atoms with Crippen LogP contribution in [0.2, 0.25) is 0 Å². The second-order valence-corrected chi connectivity index (χ2v) is 3.28. The summed E-state index contributed by atoms with van der Waals surface area (Å²) in [5.41, 5.74) is 0.147. The van der Waals surface area contributed by atoms with Gasteiger partial charge in [0.1, 0.15) is 0 Å². The van der Waals surface area contributed by atoms with E-state index in [4.69, 9.17) is 0 Å². The van der Waals surface area contributed by atoms with Crippen LogP contribution in [0.3, 0.4) is 0 Å². The Balaban J connectivity index is 3.06. The van der Waals surface area contributed by atoms with Gasteiger partial charge in [-0.25, -0.2) is 0 Å². The number of alkyl halides is 3. The SMILES string of the molecule is CC(C)c1cccc(C(F)(F)F)c1. The van der Waals surface area contributed by atoms with E-state index in [2.05, 4.69) is 0 Å². The highest BCUT2D eigenvalue weighted by Gasteiger charge is 2.30. The minimum absolute atomic E-state index is 0.127. The fourth-order valence-corrected chi connectivity index (χ4v) is 1.07. The maximum absolute atomic E-state index is 12.2. The van der Waals surface area contributed by atoms with Crippen molar-refractivity contribution in [3.63, 3.8) is 0 Å². The van der Waals surface area contributed by atoms with Crippen LogP contribution in [0.15, 0.2) is 24.3 Å². The first-order valence-electron chi connectivity index (χ1n) is 4.08. The molecular weight excluding hydrogens is 177 g/mol. The van der Waals surface area contributed by atoms with Crippen LogP contribution in [0.4, 0.5) is 13.2 Å². The first kappa shape index (κ1) is 10.1. The second-order valence-electron chi connectivity index (χ2n) is 3.28. The number of hydrogen-bond acceptors (Lipinski definition) is 0. The third kappa shape index (κ3) is 2.47. The summed E-state index contributed by atoms with van der Waals surface area (Å²) in [6, 6.07) is 5.44. The van der Waals surface area contributed by atoms with Crippen molar-refractivity contribution in [3.8, 4) is 0 Å². The Labute approximate surface area is 75.4 Å². The highest BCUT2D eigenvalue weighted by Crippen LogP contribution is 2.30. The lowest BCUT2D eigenvalue weighted by Crippen LogP contribution is -2.05. The summed E-state index contributed by atoms with van der Waals surface area (Å²) in [6.45, 7) is 3.74. The monoisotopic (exact) mass is 188 g/mol. The van der Waals surface area contributed by atoms with Crippen molar-refractivity contribution in [2.75, 3.05) is 0 Å². The molecule has 1 aromatic rings. The molecule has 0 unspecified atom stereocenters. The zero-order valence-electron chi connectivity index (χ0n) is 7.52. The van der Waals surface area contributed by atoms with Gasteiger partial charge in [0.2, 0.25) is 0 Å². The molecule has 0 bridgehead atoms. The van der Waals surface area contributed by atoms with Gasteiger partial charge in [-0.15, -0.1) is 0 Å². The summed E-state index contributed by atoms with van der Waals surface area (Å²) < 4.78 is 36.7. The molecule has 0 saturated carbocycles. The van der Waals surface area contributed by atoms with Gasteiger partial charge >= 0.3 is 6.18 Å². The van der Waals surface area contributed by atoms with Crippen LogP contribution in [-0.2, 0) is 6.18 Å². The first-order chi connectivity index (χ1) is 5.91. The molecule has 3 heteroatoms. The summed E-state index contributed by atoms with van der Waals surface area (Å²) >= 11 is 0. The Hall–Kier alpha value is -0.990. The molecule has 0 fully saturated rings. The zero-order chi connectivity index (χ0) is 10.1. The normalized spacial score (nSPS) is 12.2. The van der Waals surface area contributed by atoms with E-state index in [1.807, 2.05) is 13.8 Å². The van der Waals surface area contributed by atoms with Gasteiger partial charge in [-0.05, 0) is 17.5 Å². The fourth-order valence-electron chi connectivity index (χ4n) is 1.07. The van der Waals surface area contributed by atoms with Crippen molar-refractivity contribution in [2.45, 2.75) is 25.9 Å². The van der Waals surface area contributed by atoms with E-state index in [-0.39, 0.29) is 5.92 Å². The van der Waals surface area contributed by atoms with E-state index in [0.717, 1.165) is 11.6 Å². The molecule has 0 heterocycles. The Morgan fingerprint density at radius 1 is 1.15 bits per heavy atom. The minimum Gasteiger partial charge on any atom is -0.166 e. The smallest absolute Gasteiger partial charge is 0.166 e. The first-order valence-corrected chi connectivity index (χ1v) is 4.08. The largest absolute Gasteiger partial charge is 0.416 e. The van der Waals surface area contributed by atoms with Crippen LogP contribution >= 0.6 is 0 Å². The van der Waals surface area contributed by atoms with Crippen LogP contribution in [0, 0.1) is 0 Å². The number of halogens is 3. The lowest BCUT2D eigenvalue weighted by atomic mass is 10.0. The van der Waals surface area contributed by atoms with E-state index in [1.165, 1.54) is 12.1 Å². The van der Waals surface area contributed by atoms with Crippen LogP contribution < -0.4 is 0 Å². The Morgan fingerprint density at radius 3 is 2.23 bits per heavy atom. The fraction of sp³-hybridized carbons (Fsp3) is 0.400. The van der Waals surface area contributed by atoms with Gasteiger partial charge in [0.25, 0.3) is 0 Å². The van der Waals surface area contributed by atoms with Gasteiger partial charge < -0.3 is 0 Å². The number of rotatable bonds is 1. The van der Waals surface area contributed by atoms with Gasteiger partial charge in [0, 0.05) is 0 Å². The molecule has 0 aliphatic carbocycles. The zero-order valence-corrected chi connectivity index (χ0v) is 7.52. The summed E-state index contributed by atoms with van der Waals surface area (Å²) in [5.74, 6) is 0.127. The molecule has 0 aliphatic heterocycles. The molecule has 13 heavy (non-hydrogen) atoms. The van der Waals surface area contributed by atoms with Crippen molar-refractivity contribution < 1.29 is 13.2 Å². The van der Waals surface area contributed by atoms with E-state index >= 15 is 0 Å². The van der Waals surface area contributed by atoms with Crippen molar-refractivity contribution in [1.29, 1.82) is 0 Å². The predicted octanol–water partition coefficient (Wildman–Crippen LogP) is 3.83. The lowest BCUT2D eigenvalue weighted by Gasteiger charge is -2.10. The summed E-state index contributed by atoms with van der Waals surface area (Å²) in [7, 11) is 0. The molecule has 0 N–H and O–H groups in total. The molecule has 0 nitrogen and oxygen atoms in total. The quantitative estimate of drug-likeness (QED) is 0.628. The Kier molecular flexibility index (Phi) is 2.64. The standard InChI is InChI=1S/C10H11F3/c1-7(2)8-4-3-5-9(6-8)10(11,12)13/h3-7H,1-2H3. The van der Waals surface area contributed by atoms with E-state index in [9.17, 15) is 13.2 Å². The van der Waals surface area contributed by atoms with Crippen LogP contribution in [0.25, 0.3) is 0 Å². The van der Waals surface area contributed by atoms with Gasteiger partial charge in [0.15, 0.2) is 0 Å². The van der Waals surface area contributed by atoms with Crippen LogP contribution in [0.5, 0.6) is 0 Å². The number of benzene rings is 1. The van der Waals surface area contributed by atoms with Crippen LogP contribution in [-0.4, -0.2) is 0 Å². The average molecular weight is 188 g/mol. The van der Waals surface area contributed by atoms with Gasteiger partial charge in [-0.2, -0.15) is 13.2 Å². The molecular formula is C10H11F3. The van der Waals surface area contributed by atoms with Gasteiger partial charge in [-0.3, -0.25) is 0 Å². The maximum atomic E-state index is 12.2. The molecule has 0 spiro atoms. The van der Waals surface area contributed by atoms with E-state index in [1.54, 1.807) is 6.07 Å². The van der Waals surface area contributed by atoms with E-state index < -0.39 is 11.7 Å². The highest BCUT2D eigenvalue weighted by molar-refractivity contribution is 5.27. The molecule has 0 saturated heterocycles. The topological polar surface area (TPSA) is 0 Å². The third-order valence-electron chi connectivity index (χ3n) is 1.88. The maximum Gasteiger partial charge on any atom is 0.416 e. The van der Waals surface area contributed by atoms with E-state index in [0.29, 0.717) is 0 Å². The molecule has 0 radical (unpaired) electrons. The summed E-state index contributed by atoms with van der Waals surface area (Å²) in [5, 5.41) is 0. The Bertz CT molecular complexity index is 286. The molecule has 0 atom stereocenters. The molecule has 72 valence electrons. The molecule has 0 amide bonds. The Morgan fingerprint density at radius 2 is 1.77 bits per heavy atom. The third-order valence-corrected chi connectivity index (χ3v) is 1.88. The van der Waals surface area contributed by atoms with Gasteiger partial charge in [-0.1, -0.05) is 32.0 Å². The predicted molar refractivity (Wildman–Crippen MR) is 45.5 cm³/mol. The van der Waals surface area contributed by atoms with Crippen molar-refractivity contribution in [1.82, 2.24) is 0 Å². The van der Waals surface area contributed by atoms with Gasteiger partial charge in [0.05, 0.1) is 5.56 Å². The second kappa shape index (κ2) is 3.40. The molecule has 0 aromatic heterocycles. The van der Waals surface area contributed by atoms with Crippen molar-refractivity contribution in [2.24, 2.45) is 0 Å². The highest BCUT2D eigenvalue weighted by atomic mass is 19.4. The summed E-state index contributed by atoms with van der Waals surface area (Å²) in [6.07, 6.45) is -4.23. The number of hydrogen-bond donors (Lipinski definition) is 0. The van der Waals surface area contributed by atoms with Crippen LogP contribution in [0.1, 0.15) is 30.9 Å². The average Bonchev–Trinajstić information content (AvgIpc) is 2.03. The minimum atomic E-state index is -4.23. The van der Waals surface area contributed by atoms with Crippen molar-refractivity contribution in [3.05, 3.63) is 35.4 Å². The lowest BCUT2D eigenvalue weighted by molar-refractivity contribution is -0.137. The molecule has 0 aliphatic rings.